The van der Waals surface area contributed by atoms with E-state index in [9.17, 15) is 0 Å². The van der Waals surface area contributed by atoms with Gasteiger partial charge in [0.05, 0.1) is 25.5 Å². The predicted octanol–water partition coefficient (Wildman–Crippen LogP) is 5.45. The molecule has 0 fully saturated rings. The molecule has 1 N–H and O–H groups in total. The molecule has 0 bridgehead atoms. The fourth-order valence-corrected chi connectivity index (χ4v) is 4.58. The van der Waals surface area contributed by atoms with Crippen LogP contribution in [0.1, 0.15) is 28.4 Å². The Morgan fingerprint density at radius 1 is 0.970 bits per heavy atom. The van der Waals surface area contributed by atoms with Gasteiger partial charge >= 0.3 is 0 Å². The van der Waals surface area contributed by atoms with E-state index in [1.807, 2.05) is 54.6 Å². The van der Waals surface area contributed by atoms with Gasteiger partial charge < -0.3 is 18.5 Å². The van der Waals surface area contributed by atoms with Gasteiger partial charge in [0.1, 0.15) is 29.1 Å². The Morgan fingerprint density at radius 2 is 1.82 bits per heavy atom. The maximum Gasteiger partial charge on any atom is 0.228 e. The number of aromatic nitrogens is 2. The van der Waals surface area contributed by atoms with Gasteiger partial charge in [-0.25, -0.2) is 4.98 Å². The highest BCUT2D eigenvalue weighted by Crippen LogP contribution is 2.48. The molecule has 0 spiro atoms. The quantitative estimate of drug-likeness (QED) is 0.400. The zero-order valence-electron chi connectivity index (χ0n) is 18.0. The van der Waals surface area contributed by atoms with E-state index < -0.39 is 0 Å². The molecule has 6 heteroatoms. The van der Waals surface area contributed by atoms with Crippen molar-refractivity contribution in [1.29, 1.82) is 5.41 Å². The Labute approximate surface area is 190 Å². The van der Waals surface area contributed by atoms with Gasteiger partial charge in [-0.3, -0.25) is 5.41 Å². The normalized spacial score (nSPS) is 14.4. The fraction of sp³-hybridized carbons (Fsp3) is 0.111. The zero-order chi connectivity index (χ0) is 22.4. The van der Waals surface area contributed by atoms with Crippen LogP contribution < -0.4 is 15.0 Å². The minimum atomic E-state index is -0.218. The lowest BCUT2D eigenvalue weighted by atomic mass is 9.81. The summed E-state index contributed by atoms with van der Waals surface area (Å²) >= 11 is 0. The molecule has 0 aliphatic carbocycles. The molecule has 1 aliphatic rings. The van der Waals surface area contributed by atoms with Crippen LogP contribution in [0.2, 0.25) is 0 Å². The van der Waals surface area contributed by atoms with E-state index in [2.05, 4.69) is 23.2 Å². The molecule has 5 aromatic rings. The first-order valence-electron chi connectivity index (χ1n) is 10.7. The number of ether oxygens (including phenoxy) is 2. The van der Waals surface area contributed by atoms with Crippen LogP contribution in [-0.4, -0.2) is 16.7 Å². The van der Waals surface area contributed by atoms with Crippen molar-refractivity contribution < 1.29 is 13.9 Å². The Morgan fingerprint density at radius 3 is 2.61 bits per heavy atom. The average molecular weight is 435 g/mol. The lowest BCUT2D eigenvalue weighted by molar-refractivity contribution is 0.413. The Kier molecular flexibility index (Phi) is 4.50. The third-order valence-corrected chi connectivity index (χ3v) is 6.16. The third kappa shape index (κ3) is 3.19. The number of fused-ring (bicyclic) bond motifs is 4. The number of nitrogens with one attached hydrogen (secondary N) is 1. The first-order chi connectivity index (χ1) is 16.2. The van der Waals surface area contributed by atoms with Crippen molar-refractivity contribution in [3.05, 3.63) is 113 Å². The molecule has 0 amide bonds. The zero-order valence-corrected chi connectivity index (χ0v) is 18.0. The van der Waals surface area contributed by atoms with Crippen molar-refractivity contribution >= 4 is 10.8 Å². The SMILES string of the molecule is COc1ccc([C@H]2c3c(ncn(Cc4ccco4)c3=N)Oc3ccc4ccccc4c32)cc1. The molecule has 0 unspecified atom stereocenters. The van der Waals surface area contributed by atoms with Crippen molar-refractivity contribution in [3.63, 3.8) is 0 Å². The number of hydrogen-bond acceptors (Lipinski definition) is 5. The lowest BCUT2D eigenvalue weighted by Crippen LogP contribution is -2.30. The molecule has 3 aromatic carbocycles. The summed E-state index contributed by atoms with van der Waals surface area (Å²) in [6.45, 7) is 0.420. The van der Waals surface area contributed by atoms with Gasteiger partial charge in [-0.15, -0.1) is 0 Å². The fourth-order valence-electron chi connectivity index (χ4n) is 4.58. The summed E-state index contributed by atoms with van der Waals surface area (Å²) in [4.78, 5) is 4.60. The summed E-state index contributed by atoms with van der Waals surface area (Å²) in [7, 11) is 1.66. The molecule has 0 saturated heterocycles. The van der Waals surface area contributed by atoms with Crippen molar-refractivity contribution in [3.8, 4) is 17.4 Å². The second-order valence-electron chi connectivity index (χ2n) is 8.03. The van der Waals surface area contributed by atoms with Crippen molar-refractivity contribution in [2.24, 2.45) is 0 Å². The molecular weight excluding hydrogens is 414 g/mol. The van der Waals surface area contributed by atoms with Gasteiger partial charge in [-0.2, -0.15) is 0 Å². The van der Waals surface area contributed by atoms with Crippen molar-refractivity contribution in [1.82, 2.24) is 9.55 Å². The Hall–Kier alpha value is -4.32. The van der Waals surface area contributed by atoms with Crippen LogP contribution >= 0.6 is 0 Å². The summed E-state index contributed by atoms with van der Waals surface area (Å²) in [5, 5.41) is 11.3. The smallest absolute Gasteiger partial charge is 0.228 e. The highest BCUT2D eigenvalue weighted by molar-refractivity contribution is 5.90. The molecule has 2 aromatic heterocycles. The highest BCUT2D eigenvalue weighted by atomic mass is 16.5. The first-order valence-corrected chi connectivity index (χ1v) is 10.7. The van der Waals surface area contributed by atoms with E-state index in [1.165, 1.54) is 0 Å². The van der Waals surface area contributed by atoms with E-state index in [-0.39, 0.29) is 5.92 Å². The first kappa shape index (κ1) is 19.4. The second-order valence-corrected chi connectivity index (χ2v) is 8.03. The lowest BCUT2D eigenvalue weighted by Gasteiger charge is -2.29. The number of hydrogen-bond donors (Lipinski definition) is 1. The topological polar surface area (TPSA) is 73.3 Å². The Balaban J connectivity index is 1.61. The maximum absolute atomic E-state index is 9.11. The molecule has 162 valence electrons. The van der Waals surface area contributed by atoms with E-state index in [0.29, 0.717) is 17.9 Å². The monoisotopic (exact) mass is 435 g/mol. The van der Waals surface area contributed by atoms with Crippen molar-refractivity contribution in [2.45, 2.75) is 12.5 Å². The minimum Gasteiger partial charge on any atom is -0.497 e. The van der Waals surface area contributed by atoms with Crippen molar-refractivity contribution in [2.75, 3.05) is 7.11 Å². The van der Waals surface area contributed by atoms with E-state index >= 15 is 0 Å². The van der Waals surface area contributed by atoms with Crippen LogP contribution in [0.3, 0.4) is 0 Å². The van der Waals surface area contributed by atoms with Crippen LogP contribution in [0.5, 0.6) is 17.4 Å². The number of furan rings is 1. The van der Waals surface area contributed by atoms with Gasteiger partial charge in [0.2, 0.25) is 5.88 Å². The molecule has 1 aliphatic heterocycles. The summed E-state index contributed by atoms with van der Waals surface area (Å²) in [5.74, 6) is 2.55. The molecule has 33 heavy (non-hydrogen) atoms. The largest absolute Gasteiger partial charge is 0.497 e. The number of rotatable bonds is 4. The maximum atomic E-state index is 9.11. The van der Waals surface area contributed by atoms with Crippen LogP contribution in [0, 0.1) is 5.41 Å². The number of nitrogens with zero attached hydrogens (tertiary/aromatic N) is 2. The van der Waals surface area contributed by atoms with E-state index in [1.54, 1.807) is 24.3 Å². The average Bonchev–Trinajstić information content (AvgIpc) is 3.38. The molecule has 0 saturated carbocycles. The third-order valence-electron chi connectivity index (χ3n) is 6.16. The molecule has 6 nitrogen and oxygen atoms in total. The van der Waals surface area contributed by atoms with Crippen LogP contribution in [-0.2, 0) is 6.54 Å². The summed E-state index contributed by atoms with van der Waals surface area (Å²) < 4.78 is 18.9. The van der Waals surface area contributed by atoms with Crippen LogP contribution in [0.15, 0.2) is 89.8 Å². The summed E-state index contributed by atoms with van der Waals surface area (Å²) in [5.41, 5.74) is 3.16. The molecule has 0 radical (unpaired) electrons. The van der Waals surface area contributed by atoms with Crippen LogP contribution in [0.4, 0.5) is 0 Å². The highest BCUT2D eigenvalue weighted by Gasteiger charge is 2.33. The Bertz CT molecular complexity index is 1520. The summed E-state index contributed by atoms with van der Waals surface area (Å²) in [6.07, 6.45) is 3.28. The standard InChI is InChI=1S/C27H21N3O3/c1-31-19-11-8-18(9-12-19)23-24-21-7-3-2-5-17(21)10-13-22(24)33-27-25(23)26(28)30(16-29-27)15-20-6-4-14-32-20/h2-14,16,23,28H,15H2,1H3/t23-/m1/s1. The summed E-state index contributed by atoms with van der Waals surface area (Å²) in [6, 6.07) is 24.1. The van der Waals surface area contributed by atoms with Gasteiger partial charge in [-0.1, -0.05) is 42.5 Å². The van der Waals surface area contributed by atoms with Gasteiger partial charge in [0, 0.05) is 11.5 Å². The minimum absolute atomic E-state index is 0.218. The van der Waals surface area contributed by atoms with Gasteiger partial charge in [0.25, 0.3) is 0 Å². The molecule has 1 atom stereocenters. The van der Waals surface area contributed by atoms with Gasteiger partial charge in [-0.05, 0) is 46.7 Å². The van der Waals surface area contributed by atoms with Gasteiger partial charge in [0.15, 0.2) is 0 Å². The molecule has 3 heterocycles. The van der Waals surface area contributed by atoms with Crippen LogP contribution in [0.25, 0.3) is 10.8 Å². The number of methoxy groups -OCH3 is 1. The predicted molar refractivity (Wildman–Crippen MR) is 124 cm³/mol. The van der Waals surface area contributed by atoms with E-state index in [4.69, 9.17) is 19.3 Å². The second kappa shape index (κ2) is 7.67. The molecule has 6 rings (SSSR count). The van der Waals surface area contributed by atoms with E-state index in [0.717, 1.165) is 44.7 Å². The molecular formula is C27H21N3O3. The number of benzene rings is 3.